The Labute approximate surface area is 123 Å². The van der Waals surface area contributed by atoms with Gasteiger partial charge in [-0.15, -0.1) is 0 Å². The highest BCUT2D eigenvalue weighted by Crippen LogP contribution is 2.24. The fraction of sp³-hybridized carbons (Fsp3) is 0.167. The average Bonchev–Trinajstić information content (AvgIpc) is 2.92. The van der Waals surface area contributed by atoms with E-state index in [9.17, 15) is 4.79 Å². The lowest BCUT2D eigenvalue weighted by molar-refractivity contribution is 0.0712. The summed E-state index contributed by atoms with van der Waals surface area (Å²) in [7, 11) is 0. The fourth-order valence-electron chi connectivity index (χ4n) is 3.09. The molecule has 0 saturated carbocycles. The number of rotatable bonds is 1. The number of amides is 1. The van der Waals surface area contributed by atoms with Crippen LogP contribution >= 0.6 is 0 Å². The predicted molar refractivity (Wildman–Crippen MR) is 83.1 cm³/mol. The Morgan fingerprint density at radius 3 is 2.52 bits per heavy atom. The number of benzene rings is 2. The zero-order valence-electron chi connectivity index (χ0n) is 11.7. The van der Waals surface area contributed by atoms with Crippen LogP contribution in [0.2, 0.25) is 0 Å². The summed E-state index contributed by atoms with van der Waals surface area (Å²) in [6.07, 6.45) is 0. The van der Waals surface area contributed by atoms with E-state index in [-0.39, 0.29) is 5.91 Å². The molecule has 0 unspecified atom stereocenters. The predicted octanol–water partition coefficient (Wildman–Crippen LogP) is 3.30. The van der Waals surface area contributed by atoms with Gasteiger partial charge in [0.05, 0.1) is 6.54 Å². The van der Waals surface area contributed by atoms with E-state index >= 15 is 0 Å². The van der Waals surface area contributed by atoms with Crippen molar-refractivity contribution in [1.82, 2.24) is 9.47 Å². The Balaban J connectivity index is 1.66. The Morgan fingerprint density at radius 2 is 1.67 bits per heavy atom. The van der Waals surface area contributed by atoms with E-state index in [1.165, 1.54) is 16.6 Å². The number of carbonyl (C=O) groups is 1. The first-order valence-corrected chi connectivity index (χ1v) is 7.24. The Bertz CT molecular complexity index is 804. The van der Waals surface area contributed by atoms with Crippen LogP contribution in [0.25, 0.3) is 10.9 Å². The molecule has 2 heterocycles. The van der Waals surface area contributed by atoms with Crippen LogP contribution in [0.4, 0.5) is 0 Å². The van der Waals surface area contributed by atoms with E-state index < -0.39 is 0 Å². The van der Waals surface area contributed by atoms with Crippen LogP contribution in [-0.2, 0) is 13.1 Å². The van der Waals surface area contributed by atoms with Gasteiger partial charge in [0.1, 0.15) is 0 Å². The summed E-state index contributed by atoms with van der Waals surface area (Å²) >= 11 is 0. The van der Waals surface area contributed by atoms with Crippen LogP contribution < -0.4 is 0 Å². The van der Waals surface area contributed by atoms with Crippen molar-refractivity contribution in [2.45, 2.75) is 13.1 Å². The van der Waals surface area contributed by atoms with Gasteiger partial charge >= 0.3 is 0 Å². The first kappa shape index (κ1) is 12.2. The van der Waals surface area contributed by atoms with Crippen molar-refractivity contribution in [3.8, 4) is 0 Å². The van der Waals surface area contributed by atoms with Crippen LogP contribution in [0.3, 0.4) is 0 Å². The maximum Gasteiger partial charge on any atom is 0.254 e. The monoisotopic (exact) mass is 276 g/mol. The standard InChI is InChI=1S/C18H16N2O/c21-18(14-6-2-1-3-7-14)19-10-11-20-16(13-19)12-15-8-4-5-9-17(15)20/h1-9,12H,10-11,13H2. The molecule has 3 nitrogen and oxygen atoms in total. The number of carbonyl (C=O) groups excluding carboxylic acids is 1. The van der Waals surface area contributed by atoms with E-state index in [0.717, 1.165) is 18.7 Å². The number of nitrogens with zero attached hydrogens (tertiary/aromatic N) is 2. The average molecular weight is 276 g/mol. The molecule has 0 spiro atoms. The Hall–Kier alpha value is -2.55. The molecule has 1 aliphatic rings. The molecule has 0 atom stereocenters. The minimum absolute atomic E-state index is 0.118. The summed E-state index contributed by atoms with van der Waals surface area (Å²) in [6.45, 7) is 2.31. The van der Waals surface area contributed by atoms with Crippen molar-refractivity contribution in [3.05, 3.63) is 71.9 Å². The summed E-state index contributed by atoms with van der Waals surface area (Å²) in [5.41, 5.74) is 3.24. The second kappa shape index (κ2) is 4.77. The van der Waals surface area contributed by atoms with Gasteiger partial charge in [0.15, 0.2) is 0 Å². The van der Waals surface area contributed by atoms with E-state index in [0.29, 0.717) is 6.54 Å². The highest BCUT2D eigenvalue weighted by atomic mass is 16.2. The van der Waals surface area contributed by atoms with Crippen LogP contribution in [0.5, 0.6) is 0 Å². The van der Waals surface area contributed by atoms with Gasteiger partial charge < -0.3 is 9.47 Å². The first-order chi connectivity index (χ1) is 10.3. The van der Waals surface area contributed by atoms with Crippen molar-refractivity contribution in [2.24, 2.45) is 0 Å². The number of fused-ring (bicyclic) bond motifs is 3. The molecule has 0 saturated heterocycles. The zero-order chi connectivity index (χ0) is 14.2. The maximum atomic E-state index is 12.5. The minimum Gasteiger partial charge on any atom is -0.341 e. The van der Waals surface area contributed by atoms with E-state index in [1.54, 1.807) is 0 Å². The molecular weight excluding hydrogens is 260 g/mol. The van der Waals surface area contributed by atoms with Gasteiger partial charge in [-0.25, -0.2) is 0 Å². The summed E-state index contributed by atoms with van der Waals surface area (Å²) < 4.78 is 2.32. The van der Waals surface area contributed by atoms with Crippen LogP contribution in [0, 0.1) is 0 Å². The Morgan fingerprint density at radius 1 is 0.905 bits per heavy atom. The van der Waals surface area contributed by atoms with Gasteiger partial charge in [-0.2, -0.15) is 0 Å². The van der Waals surface area contributed by atoms with Crippen molar-refractivity contribution < 1.29 is 4.79 Å². The molecular formula is C18H16N2O. The molecule has 3 aromatic rings. The quantitative estimate of drug-likeness (QED) is 0.669. The molecule has 1 aromatic heterocycles. The lowest BCUT2D eigenvalue weighted by atomic mass is 10.2. The van der Waals surface area contributed by atoms with E-state index in [1.807, 2.05) is 35.2 Å². The Kier molecular flexibility index (Phi) is 2.78. The molecule has 4 rings (SSSR count). The van der Waals surface area contributed by atoms with Crippen LogP contribution in [0.15, 0.2) is 60.7 Å². The molecule has 1 aliphatic heterocycles. The van der Waals surface area contributed by atoms with Gasteiger partial charge in [-0.3, -0.25) is 4.79 Å². The van der Waals surface area contributed by atoms with Gasteiger partial charge in [0.25, 0.3) is 5.91 Å². The molecule has 3 heteroatoms. The highest BCUT2D eigenvalue weighted by molar-refractivity contribution is 5.94. The third-order valence-electron chi connectivity index (χ3n) is 4.15. The minimum atomic E-state index is 0.118. The number of hydrogen-bond donors (Lipinski definition) is 0. The second-order valence-corrected chi connectivity index (χ2v) is 5.44. The summed E-state index contributed by atoms with van der Waals surface area (Å²) in [4.78, 5) is 14.5. The van der Waals surface area contributed by atoms with Crippen LogP contribution in [0.1, 0.15) is 16.1 Å². The number of aromatic nitrogens is 1. The normalized spacial score (nSPS) is 14.2. The molecule has 104 valence electrons. The van der Waals surface area contributed by atoms with Gasteiger partial charge in [-0.05, 0) is 29.7 Å². The summed E-state index contributed by atoms with van der Waals surface area (Å²) in [5.74, 6) is 0.118. The second-order valence-electron chi connectivity index (χ2n) is 5.44. The van der Waals surface area contributed by atoms with Gasteiger partial charge in [0, 0.05) is 29.9 Å². The van der Waals surface area contributed by atoms with E-state index in [4.69, 9.17) is 0 Å². The van der Waals surface area contributed by atoms with Crippen molar-refractivity contribution in [3.63, 3.8) is 0 Å². The van der Waals surface area contributed by atoms with Crippen molar-refractivity contribution in [1.29, 1.82) is 0 Å². The van der Waals surface area contributed by atoms with Gasteiger partial charge in [0.2, 0.25) is 0 Å². The molecule has 0 bridgehead atoms. The number of para-hydroxylation sites is 1. The molecule has 21 heavy (non-hydrogen) atoms. The molecule has 1 amide bonds. The number of hydrogen-bond acceptors (Lipinski definition) is 1. The molecule has 2 aromatic carbocycles. The van der Waals surface area contributed by atoms with Crippen molar-refractivity contribution >= 4 is 16.8 Å². The highest BCUT2D eigenvalue weighted by Gasteiger charge is 2.22. The molecule has 0 radical (unpaired) electrons. The molecule has 0 N–H and O–H groups in total. The summed E-state index contributed by atoms with van der Waals surface area (Å²) in [5, 5.41) is 1.25. The van der Waals surface area contributed by atoms with Crippen LogP contribution in [-0.4, -0.2) is 21.9 Å². The topological polar surface area (TPSA) is 25.2 Å². The third kappa shape index (κ3) is 2.02. The summed E-state index contributed by atoms with van der Waals surface area (Å²) in [6, 6.07) is 20.1. The lowest BCUT2D eigenvalue weighted by Crippen LogP contribution is -2.37. The van der Waals surface area contributed by atoms with E-state index in [2.05, 4.69) is 34.9 Å². The maximum absolute atomic E-state index is 12.5. The zero-order valence-corrected chi connectivity index (χ0v) is 11.7. The third-order valence-corrected chi connectivity index (χ3v) is 4.15. The fourth-order valence-corrected chi connectivity index (χ4v) is 3.09. The smallest absolute Gasteiger partial charge is 0.254 e. The molecule has 0 fully saturated rings. The SMILES string of the molecule is O=C(c1ccccc1)N1CCn2c(cc3ccccc32)C1. The van der Waals surface area contributed by atoms with Crippen molar-refractivity contribution in [2.75, 3.05) is 6.54 Å². The first-order valence-electron chi connectivity index (χ1n) is 7.24. The van der Waals surface area contributed by atoms with Gasteiger partial charge in [-0.1, -0.05) is 36.4 Å². The molecule has 0 aliphatic carbocycles. The largest absolute Gasteiger partial charge is 0.341 e. The lowest BCUT2D eigenvalue weighted by Gasteiger charge is -2.29.